The van der Waals surface area contributed by atoms with E-state index in [9.17, 15) is 5.11 Å². The smallest absolute Gasteiger partial charge is 0.136 e. The molecule has 1 aromatic carbocycles. The molecule has 1 rings (SSSR count). The van der Waals surface area contributed by atoms with Gasteiger partial charge in [-0.25, -0.2) is 0 Å². The van der Waals surface area contributed by atoms with Crippen molar-refractivity contribution >= 4 is 5.84 Å². The highest BCUT2D eigenvalue weighted by atomic mass is 16.5. The number of benzene rings is 1. The zero-order valence-electron chi connectivity index (χ0n) is 8.03. The van der Waals surface area contributed by atoms with Crippen molar-refractivity contribution in [3.63, 3.8) is 0 Å². The van der Waals surface area contributed by atoms with Crippen molar-refractivity contribution in [3.8, 4) is 5.75 Å². The maximum Gasteiger partial charge on any atom is 0.136 e. The first kappa shape index (κ1) is 10.5. The molecule has 1 unspecified atom stereocenters. The molecule has 0 radical (unpaired) electrons. The van der Waals surface area contributed by atoms with Crippen molar-refractivity contribution in [3.05, 3.63) is 29.8 Å². The molecule has 1 atom stereocenters. The normalized spacial score (nSPS) is 12.1. The molecule has 0 saturated heterocycles. The van der Waals surface area contributed by atoms with E-state index >= 15 is 0 Å². The van der Waals surface area contributed by atoms with Gasteiger partial charge in [0.1, 0.15) is 17.7 Å². The third-order valence-corrected chi connectivity index (χ3v) is 1.78. The van der Waals surface area contributed by atoms with Crippen LogP contribution in [0.15, 0.2) is 24.3 Å². The maximum absolute atomic E-state index is 9.49. The highest BCUT2D eigenvalue weighted by Gasteiger charge is 2.10. The third-order valence-electron chi connectivity index (χ3n) is 1.78. The van der Waals surface area contributed by atoms with E-state index in [4.69, 9.17) is 15.9 Å². The second kappa shape index (κ2) is 4.62. The van der Waals surface area contributed by atoms with E-state index < -0.39 is 6.10 Å². The number of aliphatic hydroxyl groups excluding tert-OH is 1. The first-order valence-electron chi connectivity index (χ1n) is 4.40. The zero-order chi connectivity index (χ0) is 10.6. The summed E-state index contributed by atoms with van der Waals surface area (Å²) >= 11 is 0. The number of hydrogen-bond acceptors (Lipinski definition) is 3. The third kappa shape index (κ3) is 2.47. The molecule has 0 aliphatic carbocycles. The Hall–Kier alpha value is -1.55. The van der Waals surface area contributed by atoms with Crippen molar-refractivity contribution in [2.75, 3.05) is 6.61 Å². The van der Waals surface area contributed by atoms with Crippen molar-refractivity contribution in [1.82, 2.24) is 0 Å². The van der Waals surface area contributed by atoms with E-state index in [1.54, 1.807) is 24.3 Å². The van der Waals surface area contributed by atoms with Crippen LogP contribution in [0.4, 0.5) is 0 Å². The molecule has 4 N–H and O–H groups in total. The number of hydrogen-bond donors (Lipinski definition) is 3. The average Bonchev–Trinajstić information content (AvgIpc) is 2.17. The Bertz CT molecular complexity index is 326. The molecule has 0 spiro atoms. The molecule has 0 aliphatic rings. The van der Waals surface area contributed by atoms with Gasteiger partial charge in [-0.1, -0.05) is 12.1 Å². The van der Waals surface area contributed by atoms with Gasteiger partial charge in [-0.15, -0.1) is 0 Å². The Balaban J connectivity index is 2.87. The van der Waals surface area contributed by atoms with Gasteiger partial charge in [-0.2, -0.15) is 0 Å². The minimum atomic E-state index is -1.05. The van der Waals surface area contributed by atoms with Crippen molar-refractivity contribution < 1.29 is 9.84 Å². The van der Waals surface area contributed by atoms with Crippen molar-refractivity contribution in [1.29, 1.82) is 5.41 Å². The molecule has 0 fully saturated rings. The van der Waals surface area contributed by atoms with Crippen LogP contribution in [-0.4, -0.2) is 17.5 Å². The summed E-state index contributed by atoms with van der Waals surface area (Å²) in [5.74, 6) is 0.406. The number of aliphatic hydroxyl groups is 1. The number of rotatable bonds is 4. The van der Waals surface area contributed by atoms with Gasteiger partial charge in [0.15, 0.2) is 0 Å². The lowest BCUT2D eigenvalue weighted by molar-refractivity contribution is 0.244. The maximum atomic E-state index is 9.49. The van der Waals surface area contributed by atoms with E-state index in [0.717, 1.165) is 0 Å². The van der Waals surface area contributed by atoms with Crippen LogP contribution in [0.5, 0.6) is 5.75 Å². The van der Waals surface area contributed by atoms with E-state index in [1.165, 1.54) is 0 Å². The summed E-state index contributed by atoms with van der Waals surface area (Å²) in [6.07, 6.45) is -1.05. The summed E-state index contributed by atoms with van der Waals surface area (Å²) in [5.41, 5.74) is 5.76. The molecule has 0 saturated carbocycles. The molecular formula is C10H14N2O2. The monoisotopic (exact) mass is 194 g/mol. The summed E-state index contributed by atoms with van der Waals surface area (Å²) in [5, 5.41) is 16.6. The van der Waals surface area contributed by atoms with Crippen LogP contribution in [0.3, 0.4) is 0 Å². The number of nitrogens with one attached hydrogen (secondary N) is 1. The first-order chi connectivity index (χ1) is 6.65. The lowest BCUT2D eigenvalue weighted by Crippen LogP contribution is -2.19. The van der Waals surface area contributed by atoms with Crippen molar-refractivity contribution in [2.45, 2.75) is 13.0 Å². The first-order valence-corrected chi connectivity index (χ1v) is 4.40. The molecule has 0 aromatic heterocycles. The largest absolute Gasteiger partial charge is 0.494 e. The van der Waals surface area contributed by atoms with Gasteiger partial charge < -0.3 is 15.6 Å². The van der Waals surface area contributed by atoms with Crippen LogP contribution in [0.25, 0.3) is 0 Å². The highest BCUT2D eigenvalue weighted by molar-refractivity contribution is 5.82. The fourth-order valence-electron chi connectivity index (χ4n) is 1.12. The zero-order valence-corrected chi connectivity index (χ0v) is 8.03. The van der Waals surface area contributed by atoms with Crippen LogP contribution in [0.1, 0.15) is 18.6 Å². The Morgan fingerprint density at radius 1 is 1.64 bits per heavy atom. The van der Waals surface area contributed by atoms with Gasteiger partial charge in [-0.05, 0) is 24.6 Å². The van der Waals surface area contributed by atoms with Gasteiger partial charge in [0.2, 0.25) is 0 Å². The standard InChI is InChI=1S/C10H14N2O2/c1-2-14-8-5-3-4-7(6-8)9(13)10(11)12/h3-6,9,13H,2H2,1H3,(H3,11,12). The second-order valence-corrected chi connectivity index (χ2v) is 2.86. The fourth-order valence-corrected chi connectivity index (χ4v) is 1.12. The lowest BCUT2D eigenvalue weighted by Gasteiger charge is -2.10. The molecular weight excluding hydrogens is 180 g/mol. The Labute approximate surface area is 82.8 Å². The van der Waals surface area contributed by atoms with Crippen LogP contribution < -0.4 is 10.5 Å². The molecule has 76 valence electrons. The second-order valence-electron chi connectivity index (χ2n) is 2.86. The van der Waals surface area contributed by atoms with E-state index in [1.807, 2.05) is 6.92 Å². The minimum absolute atomic E-state index is 0.265. The molecule has 14 heavy (non-hydrogen) atoms. The molecule has 0 aliphatic heterocycles. The molecule has 0 bridgehead atoms. The number of amidine groups is 1. The van der Waals surface area contributed by atoms with Gasteiger partial charge >= 0.3 is 0 Å². The topological polar surface area (TPSA) is 79.3 Å². The summed E-state index contributed by atoms with van der Waals surface area (Å²) in [6.45, 7) is 2.45. The van der Waals surface area contributed by atoms with Crippen LogP contribution in [0.2, 0.25) is 0 Å². The van der Waals surface area contributed by atoms with Crippen LogP contribution >= 0.6 is 0 Å². The van der Waals surface area contributed by atoms with Gasteiger partial charge in [0.25, 0.3) is 0 Å². The van der Waals surface area contributed by atoms with Gasteiger partial charge in [0, 0.05) is 0 Å². The van der Waals surface area contributed by atoms with Crippen molar-refractivity contribution in [2.24, 2.45) is 5.73 Å². The van der Waals surface area contributed by atoms with Crippen LogP contribution in [0, 0.1) is 5.41 Å². The summed E-state index contributed by atoms with van der Waals surface area (Å²) in [7, 11) is 0. The van der Waals surface area contributed by atoms with E-state index in [-0.39, 0.29) is 5.84 Å². The summed E-state index contributed by atoms with van der Waals surface area (Å²) in [4.78, 5) is 0. The Kier molecular flexibility index (Phi) is 3.48. The summed E-state index contributed by atoms with van der Waals surface area (Å²) < 4.78 is 5.25. The van der Waals surface area contributed by atoms with E-state index in [2.05, 4.69) is 0 Å². The molecule has 4 heteroatoms. The fraction of sp³-hybridized carbons (Fsp3) is 0.300. The van der Waals surface area contributed by atoms with Gasteiger partial charge in [-0.3, -0.25) is 5.41 Å². The lowest BCUT2D eigenvalue weighted by atomic mass is 10.1. The molecule has 1 aromatic rings. The minimum Gasteiger partial charge on any atom is -0.494 e. The SMILES string of the molecule is CCOc1cccc(C(O)C(=N)N)c1. The van der Waals surface area contributed by atoms with Crippen LogP contribution in [-0.2, 0) is 0 Å². The Morgan fingerprint density at radius 2 is 2.36 bits per heavy atom. The highest BCUT2D eigenvalue weighted by Crippen LogP contribution is 2.18. The summed E-state index contributed by atoms with van der Waals surface area (Å²) in [6, 6.07) is 6.93. The predicted molar refractivity (Wildman–Crippen MR) is 54.5 cm³/mol. The number of ether oxygens (including phenoxy) is 1. The number of nitrogens with two attached hydrogens (primary N) is 1. The van der Waals surface area contributed by atoms with Gasteiger partial charge in [0.05, 0.1) is 6.61 Å². The molecule has 0 heterocycles. The quantitative estimate of drug-likeness (QED) is 0.495. The van der Waals surface area contributed by atoms with E-state index in [0.29, 0.717) is 17.9 Å². The average molecular weight is 194 g/mol. The Morgan fingerprint density at radius 3 is 2.93 bits per heavy atom. The molecule has 0 amide bonds. The predicted octanol–water partition coefficient (Wildman–Crippen LogP) is 1.05. The molecule has 4 nitrogen and oxygen atoms in total.